The predicted octanol–water partition coefficient (Wildman–Crippen LogP) is 5.69. The molecule has 1 rings (SSSR count). The van der Waals surface area contributed by atoms with Gasteiger partial charge < -0.3 is 15.3 Å². The van der Waals surface area contributed by atoms with Gasteiger partial charge in [-0.25, -0.2) is 0 Å². The van der Waals surface area contributed by atoms with Crippen molar-refractivity contribution in [2.24, 2.45) is 0 Å². The van der Waals surface area contributed by atoms with Crippen molar-refractivity contribution >= 4 is 17.7 Å². The fourth-order valence-electron chi connectivity index (χ4n) is 1.60. The van der Waals surface area contributed by atoms with Crippen LogP contribution >= 0.6 is 0 Å². The van der Waals surface area contributed by atoms with E-state index in [0.29, 0.717) is 0 Å². The molecule has 0 radical (unpaired) electrons. The number of rotatable bonds is 1. The molecule has 34 heavy (non-hydrogen) atoms. The van der Waals surface area contributed by atoms with Crippen molar-refractivity contribution in [2.45, 2.75) is 94.1 Å². The first-order valence-corrected chi connectivity index (χ1v) is 13.6. The van der Waals surface area contributed by atoms with E-state index in [4.69, 9.17) is 15.3 Å². The van der Waals surface area contributed by atoms with Crippen molar-refractivity contribution in [3.8, 4) is 0 Å². The normalized spacial score (nSPS) is 13.2. The Kier molecular flexibility index (Phi) is 17.0. The van der Waals surface area contributed by atoms with Gasteiger partial charge >= 0.3 is 96.5 Å². The second-order valence-corrected chi connectivity index (χ2v) is 17.9. The third kappa shape index (κ3) is 19.2. The molecule has 0 fully saturated rings. The van der Waals surface area contributed by atoms with E-state index in [1.807, 2.05) is 0 Å². The first-order chi connectivity index (χ1) is 13.9. The average molecular weight is 745 g/mol. The molecule has 0 atom stereocenters. The molecule has 1 aromatic carbocycles. The Balaban J connectivity index is -0.000000231. The summed E-state index contributed by atoms with van der Waals surface area (Å²) < 4.78 is 111. The number of alkyl halides is 9. The van der Waals surface area contributed by atoms with Crippen LogP contribution in [0.2, 0.25) is 0 Å². The van der Waals surface area contributed by atoms with Crippen LogP contribution in [0.15, 0.2) is 24.3 Å². The molecule has 0 aliphatic carbocycles. The maximum absolute atomic E-state index is 12.6. The molecule has 0 spiro atoms. The number of aliphatic hydroxyl groups is 3. The van der Waals surface area contributed by atoms with Gasteiger partial charge in [0.2, 0.25) is 0 Å². The van der Waals surface area contributed by atoms with Gasteiger partial charge in [0, 0.05) is 25.8 Å². The van der Waals surface area contributed by atoms with E-state index in [9.17, 15) is 39.5 Å². The summed E-state index contributed by atoms with van der Waals surface area (Å²) in [5.74, 6) is 0. The molecular weight excluding hydrogens is 710 g/mol. The monoisotopic (exact) mass is 747 g/mol. The van der Waals surface area contributed by atoms with Gasteiger partial charge in [0.25, 0.3) is 0 Å². The molecule has 14 heteroatoms. The fourth-order valence-corrected chi connectivity index (χ4v) is 7.13. The van der Waals surface area contributed by atoms with Gasteiger partial charge in [0.15, 0.2) is 0 Å². The van der Waals surface area contributed by atoms with E-state index in [-0.39, 0.29) is 38.0 Å². The van der Waals surface area contributed by atoms with E-state index in [1.54, 1.807) is 62.3 Å². The molecule has 0 saturated carbocycles. The van der Waals surface area contributed by atoms with E-state index >= 15 is 0 Å². The quantitative estimate of drug-likeness (QED) is 0.197. The van der Waals surface area contributed by atoms with Gasteiger partial charge in [-0.3, -0.25) is 0 Å². The molecule has 0 unspecified atom stereocenters. The van der Waals surface area contributed by atoms with Crippen molar-refractivity contribution in [1.82, 2.24) is 0 Å². The molecule has 0 amide bonds. The minimum absolute atomic E-state index is 0. The van der Waals surface area contributed by atoms with Crippen LogP contribution in [0.1, 0.15) is 62.3 Å². The first-order valence-electron chi connectivity index (χ1n) is 9.45. The van der Waals surface area contributed by atoms with Crippen molar-refractivity contribution in [3.05, 3.63) is 24.3 Å². The molecule has 1 aromatic rings. The van der Waals surface area contributed by atoms with Gasteiger partial charge in [0.05, 0.1) is 16.8 Å². The van der Waals surface area contributed by atoms with Crippen LogP contribution in [0.4, 0.5) is 39.5 Å². The molecule has 0 heterocycles. The predicted molar refractivity (Wildman–Crippen MR) is 112 cm³/mol. The maximum Gasteiger partial charge on any atom is 0 e. The number of hydrogen-bond donors (Lipinski definition) is 3. The minimum Gasteiger partial charge on any atom is 0 e. The van der Waals surface area contributed by atoms with E-state index in [0.717, 1.165) is 12.1 Å². The Morgan fingerprint density at radius 2 is 0.647 bits per heavy atom. The Labute approximate surface area is 216 Å². The summed E-state index contributed by atoms with van der Waals surface area (Å²) in [7, 11) is 0. The molecule has 204 valence electrons. The third-order valence-electron chi connectivity index (χ3n) is 2.37. The van der Waals surface area contributed by atoms with Crippen LogP contribution in [0, 0.1) is 0 Å². The molecule has 0 aromatic heterocycles. The Morgan fingerprint density at radius 3 is 0.765 bits per heavy atom. The van der Waals surface area contributed by atoms with Crippen LogP contribution in [-0.4, -0.2) is 60.4 Å². The molecule has 3 N–H and O–H groups in total. The van der Waals surface area contributed by atoms with Crippen molar-refractivity contribution in [3.63, 3.8) is 0 Å². The molecule has 0 aliphatic rings. The average Bonchev–Trinajstić information content (AvgIpc) is 2.80. The standard InChI is InChI=1S/C8H4F9Ge.3C4H10O.Hf/c9-6(10,11)18(7(12,13)14,8(15,16)17)5-3-1-2-4-5;3*1-4(2,3)5;/h1-4H;3*5H,1-3H3;/q-1;;;;. The SMILES string of the molecule is CC(C)(C)O.CC(C)(C)O.CC(C)(C)O.F[C](F)(F)[Ge]([c-]1cccc1)([C](F)(F)F)[C](F)(F)F.[Hf]. The van der Waals surface area contributed by atoms with E-state index in [1.165, 1.54) is 0 Å². The molecular formula is C20H34F9GeHfO3-. The van der Waals surface area contributed by atoms with E-state index < -0.39 is 49.5 Å². The summed E-state index contributed by atoms with van der Waals surface area (Å²) in [5, 5.41) is 6.49. The number of hydrogen-bond acceptors (Lipinski definition) is 3. The van der Waals surface area contributed by atoms with Crippen LogP contribution in [0.3, 0.4) is 0 Å². The summed E-state index contributed by atoms with van der Waals surface area (Å²) >= 11 is -8.38. The Bertz CT molecular complexity index is 567. The molecule has 3 nitrogen and oxygen atoms in total. The zero-order valence-corrected chi connectivity index (χ0v) is 26.2. The van der Waals surface area contributed by atoms with Crippen molar-refractivity contribution < 1.29 is 80.7 Å². The summed E-state index contributed by atoms with van der Waals surface area (Å²) in [6.07, 6.45) is 0. The summed E-state index contributed by atoms with van der Waals surface area (Å²) in [6, 6.07) is 1.90. The fraction of sp³-hybridized carbons (Fsp3) is 0.750. The summed E-state index contributed by atoms with van der Waals surface area (Å²) in [4.78, 5) is 0. The van der Waals surface area contributed by atoms with Crippen LogP contribution < -0.4 is 4.40 Å². The second-order valence-electron chi connectivity index (χ2n) is 9.93. The number of halogens is 9. The molecule has 0 saturated heterocycles. The second kappa shape index (κ2) is 14.1. The smallest absolute Gasteiger partial charge is 0 e. The third-order valence-corrected chi connectivity index (χ3v) is 10.2. The van der Waals surface area contributed by atoms with Crippen LogP contribution in [-0.2, 0) is 25.8 Å². The van der Waals surface area contributed by atoms with Gasteiger partial charge in [-0.1, -0.05) is 0 Å². The molecule has 0 bridgehead atoms. The maximum atomic E-state index is 12.6. The summed E-state index contributed by atoms with van der Waals surface area (Å²) in [6.45, 7) is 15.7. The largest absolute Gasteiger partial charge is 0 e. The topological polar surface area (TPSA) is 60.7 Å². The molecule has 0 aliphatic heterocycles. The van der Waals surface area contributed by atoms with Gasteiger partial charge in [-0.05, 0) is 62.3 Å². The van der Waals surface area contributed by atoms with E-state index in [2.05, 4.69) is 0 Å². The van der Waals surface area contributed by atoms with Gasteiger partial charge in [-0.2, -0.15) is 0 Å². The zero-order valence-electron chi connectivity index (χ0n) is 20.6. The van der Waals surface area contributed by atoms with Gasteiger partial charge in [-0.15, -0.1) is 0 Å². The Hall–Kier alpha value is 0.0130. The zero-order chi connectivity index (χ0) is 27.9. The van der Waals surface area contributed by atoms with Gasteiger partial charge in [0.1, 0.15) is 0 Å². The van der Waals surface area contributed by atoms with Crippen LogP contribution in [0.5, 0.6) is 0 Å². The Morgan fingerprint density at radius 1 is 0.500 bits per heavy atom. The van der Waals surface area contributed by atoms with Crippen molar-refractivity contribution in [2.75, 3.05) is 0 Å². The first kappa shape index (κ1) is 41.2. The summed E-state index contributed by atoms with van der Waals surface area (Å²) in [5.41, 5.74) is -1.50. The minimum atomic E-state index is -8.38. The van der Waals surface area contributed by atoms with Crippen molar-refractivity contribution in [1.29, 1.82) is 0 Å². The van der Waals surface area contributed by atoms with Crippen LogP contribution in [0.25, 0.3) is 0 Å².